The maximum Gasteiger partial charge on any atom is 0.243 e. The average molecular weight is 379 g/mol. The van der Waals surface area contributed by atoms with Crippen molar-refractivity contribution in [2.24, 2.45) is 0 Å². The molecule has 2 heterocycles. The van der Waals surface area contributed by atoms with Gasteiger partial charge in [0, 0.05) is 6.07 Å². The molecule has 2 aromatic heterocycles. The SMILES string of the molecule is CSc1nsc(S[C@@H](C(=O)Nc2cc(C)on2)c2ccccc2)n1. The molecule has 0 fully saturated rings. The number of aryl methyl sites for hydroxylation is 1. The Hall–Kier alpha value is -1.84. The van der Waals surface area contributed by atoms with Crippen LogP contribution >= 0.6 is 35.1 Å². The second-order valence-corrected chi connectivity index (χ2v) is 7.65. The number of rotatable bonds is 6. The van der Waals surface area contributed by atoms with Crippen molar-refractivity contribution in [2.45, 2.75) is 21.7 Å². The summed E-state index contributed by atoms with van der Waals surface area (Å²) in [4.78, 5) is 17.1. The van der Waals surface area contributed by atoms with Crippen LogP contribution in [-0.2, 0) is 4.79 Å². The first-order valence-corrected chi connectivity index (χ1v) is 9.87. The number of thioether (sulfide) groups is 2. The normalized spacial score (nSPS) is 12.1. The van der Waals surface area contributed by atoms with Gasteiger partial charge in [-0.15, -0.1) is 0 Å². The van der Waals surface area contributed by atoms with Crippen molar-refractivity contribution in [1.82, 2.24) is 14.5 Å². The van der Waals surface area contributed by atoms with E-state index >= 15 is 0 Å². The maximum absolute atomic E-state index is 12.7. The Kier molecular flexibility index (Phi) is 5.54. The number of anilines is 1. The van der Waals surface area contributed by atoms with Gasteiger partial charge in [0.2, 0.25) is 11.1 Å². The van der Waals surface area contributed by atoms with Crippen LogP contribution in [0.1, 0.15) is 16.6 Å². The topological polar surface area (TPSA) is 80.9 Å². The number of aromatic nitrogens is 3. The number of amides is 1. The van der Waals surface area contributed by atoms with E-state index in [2.05, 4.69) is 19.8 Å². The van der Waals surface area contributed by atoms with Crippen LogP contribution in [0, 0.1) is 6.92 Å². The Morgan fingerprint density at radius 2 is 2.12 bits per heavy atom. The van der Waals surface area contributed by atoms with Crippen LogP contribution in [0.2, 0.25) is 0 Å². The van der Waals surface area contributed by atoms with Crippen molar-refractivity contribution in [3.63, 3.8) is 0 Å². The van der Waals surface area contributed by atoms with Crippen LogP contribution in [-0.4, -0.2) is 26.7 Å². The summed E-state index contributed by atoms with van der Waals surface area (Å²) in [6, 6.07) is 11.2. The van der Waals surface area contributed by atoms with Crippen LogP contribution in [0.5, 0.6) is 0 Å². The van der Waals surface area contributed by atoms with Crippen molar-refractivity contribution in [1.29, 1.82) is 0 Å². The van der Waals surface area contributed by atoms with Gasteiger partial charge in [-0.1, -0.05) is 59.0 Å². The molecule has 0 spiro atoms. The van der Waals surface area contributed by atoms with Crippen molar-refractivity contribution in [3.8, 4) is 0 Å². The number of hydrogen-bond donors (Lipinski definition) is 1. The van der Waals surface area contributed by atoms with Crippen molar-refractivity contribution in [2.75, 3.05) is 11.6 Å². The van der Waals surface area contributed by atoms with E-state index in [9.17, 15) is 4.79 Å². The summed E-state index contributed by atoms with van der Waals surface area (Å²) in [6.07, 6.45) is 1.92. The summed E-state index contributed by atoms with van der Waals surface area (Å²) in [5, 5.41) is 6.86. The fraction of sp³-hybridized carbons (Fsp3) is 0.200. The van der Waals surface area contributed by atoms with Crippen molar-refractivity contribution < 1.29 is 9.32 Å². The highest BCUT2D eigenvalue weighted by atomic mass is 32.2. The van der Waals surface area contributed by atoms with Crippen LogP contribution in [0.3, 0.4) is 0 Å². The monoisotopic (exact) mass is 378 g/mol. The van der Waals surface area contributed by atoms with Crippen LogP contribution in [0.4, 0.5) is 5.82 Å². The summed E-state index contributed by atoms with van der Waals surface area (Å²) in [6.45, 7) is 1.78. The Morgan fingerprint density at radius 3 is 2.75 bits per heavy atom. The van der Waals surface area contributed by atoms with Gasteiger partial charge in [0.05, 0.1) is 0 Å². The maximum atomic E-state index is 12.7. The molecule has 0 radical (unpaired) electrons. The van der Waals surface area contributed by atoms with Gasteiger partial charge in [-0.2, -0.15) is 4.37 Å². The van der Waals surface area contributed by atoms with E-state index in [0.29, 0.717) is 16.7 Å². The van der Waals surface area contributed by atoms with E-state index in [-0.39, 0.29) is 5.91 Å². The highest BCUT2D eigenvalue weighted by Gasteiger charge is 2.24. The molecular formula is C15H14N4O2S3. The average Bonchev–Trinajstić information content (AvgIpc) is 3.22. The molecule has 3 aromatic rings. The lowest BCUT2D eigenvalue weighted by Crippen LogP contribution is -2.19. The predicted molar refractivity (Wildman–Crippen MR) is 96.6 cm³/mol. The third kappa shape index (κ3) is 4.16. The lowest BCUT2D eigenvalue weighted by atomic mass is 10.1. The third-order valence-corrected chi connectivity index (χ3v) is 5.71. The van der Waals surface area contributed by atoms with Gasteiger partial charge < -0.3 is 9.84 Å². The van der Waals surface area contributed by atoms with Gasteiger partial charge in [0.15, 0.2) is 10.2 Å². The minimum atomic E-state index is -0.453. The molecule has 1 amide bonds. The molecule has 9 heteroatoms. The zero-order valence-corrected chi connectivity index (χ0v) is 15.4. The molecule has 3 rings (SSSR count). The summed E-state index contributed by atoms with van der Waals surface area (Å²) in [5.74, 6) is 0.865. The van der Waals surface area contributed by atoms with E-state index in [0.717, 1.165) is 9.90 Å². The van der Waals surface area contributed by atoms with Gasteiger partial charge in [0.25, 0.3) is 0 Å². The minimum Gasteiger partial charge on any atom is -0.360 e. The Balaban J connectivity index is 1.82. The molecular weight excluding hydrogens is 364 g/mol. The molecule has 1 N–H and O–H groups in total. The molecule has 0 bridgehead atoms. The fourth-order valence-corrected chi connectivity index (χ4v) is 4.35. The lowest BCUT2D eigenvalue weighted by molar-refractivity contribution is -0.115. The molecule has 0 aliphatic heterocycles. The molecule has 6 nitrogen and oxygen atoms in total. The largest absolute Gasteiger partial charge is 0.360 e. The van der Waals surface area contributed by atoms with E-state index < -0.39 is 5.25 Å². The first kappa shape index (κ1) is 17.0. The molecule has 0 unspecified atom stereocenters. The van der Waals surface area contributed by atoms with Crippen LogP contribution in [0.25, 0.3) is 0 Å². The summed E-state index contributed by atoms with van der Waals surface area (Å²) < 4.78 is 9.98. The molecule has 124 valence electrons. The number of benzene rings is 1. The standard InChI is InChI=1S/C15H14N4O2S3/c1-9-8-11(18-21-9)16-13(20)12(10-6-4-3-5-7-10)23-15-17-14(22-2)19-24-15/h3-8,12H,1-2H3,(H,16,18,20)/t12-/m1/s1. The number of nitrogens with zero attached hydrogens (tertiary/aromatic N) is 3. The third-order valence-electron chi connectivity index (χ3n) is 3.01. The van der Waals surface area contributed by atoms with Crippen molar-refractivity contribution >= 4 is 46.8 Å². The quantitative estimate of drug-likeness (QED) is 0.649. The van der Waals surface area contributed by atoms with Gasteiger partial charge in [-0.05, 0) is 30.3 Å². The van der Waals surface area contributed by atoms with Gasteiger partial charge >= 0.3 is 0 Å². The minimum absolute atomic E-state index is 0.180. The van der Waals surface area contributed by atoms with Gasteiger partial charge in [0.1, 0.15) is 11.0 Å². The molecule has 24 heavy (non-hydrogen) atoms. The van der Waals surface area contributed by atoms with Gasteiger partial charge in [-0.3, -0.25) is 4.79 Å². The smallest absolute Gasteiger partial charge is 0.243 e. The highest BCUT2D eigenvalue weighted by Crippen LogP contribution is 2.37. The second kappa shape index (κ2) is 7.82. The Bertz CT molecular complexity index is 819. The summed E-state index contributed by atoms with van der Waals surface area (Å²) in [5.41, 5.74) is 0.890. The number of carbonyl (C=O) groups is 1. The summed E-state index contributed by atoms with van der Waals surface area (Å²) in [7, 11) is 0. The molecule has 0 saturated heterocycles. The molecule has 1 atom stereocenters. The first-order chi connectivity index (χ1) is 11.7. The molecule has 0 saturated carbocycles. The lowest BCUT2D eigenvalue weighted by Gasteiger charge is -2.14. The van der Waals surface area contributed by atoms with E-state index in [1.807, 2.05) is 36.6 Å². The first-order valence-electron chi connectivity index (χ1n) is 6.99. The zero-order chi connectivity index (χ0) is 16.9. The summed E-state index contributed by atoms with van der Waals surface area (Å²) >= 11 is 4.14. The molecule has 1 aromatic carbocycles. The van der Waals surface area contributed by atoms with Crippen LogP contribution in [0.15, 0.2) is 50.4 Å². The number of carbonyl (C=O) groups excluding carboxylic acids is 1. The Morgan fingerprint density at radius 1 is 1.33 bits per heavy atom. The fourth-order valence-electron chi connectivity index (χ4n) is 1.95. The number of hydrogen-bond acceptors (Lipinski definition) is 8. The zero-order valence-electron chi connectivity index (χ0n) is 12.9. The van der Waals surface area contributed by atoms with Gasteiger partial charge in [-0.25, -0.2) is 4.98 Å². The Labute approximate surface area is 151 Å². The molecule has 0 aliphatic rings. The van der Waals surface area contributed by atoms with E-state index in [1.165, 1.54) is 35.1 Å². The van der Waals surface area contributed by atoms with Crippen molar-refractivity contribution in [3.05, 3.63) is 47.7 Å². The van der Waals surface area contributed by atoms with E-state index in [1.54, 1.807) is 13.0 Å². The predicted octanol–water partition coefficient (Wildman–Crippen LogP) is 4.03. The van der Waals surface area contributed by atoms with E-state index in [4.69, 9.17) is 4.52 Å². The van der Waals surface area contributed by atoms with Crippen LogP contribution < -0.4 is 5.32 Å². The number of nitrogens with one attached hydrogen (secondary N) is 1. The second-order valence-electron chi connectivity index (χ2n) is 4.77. The molecule has 0 aliphatic carbocycles. The highest BCUT2D eigenvalue weighted by molar-refractivity contribution is 8.02.